The Kier molecular flexibility index (Phi) is 3.81. The number of hydrogen-bond donors (Lipinski definition) is 2. The molecule has 0 saturated carbocycles. The second-order valence-corrected chi connectivity index (χ2v) is 3.98. The molecule has 0 radical (unpaired) electrons. The summed E-state index contributed by atoms with van der Waals surface area (Å²) in [4.78, 5) is 25.4. The highest BCUT2D eigenvalue weighted by atomic mass is 16.6. The summed E-state index contributed by atoms with van der Waals surface area (Å²) in [6.07, 6.45) is 3.21. The lowest BCUT2D eigenvalue weighted by Crippen LogP contribution is -2.12. The molecular formula is C12H7N5O5. The molecule has 0 aliphatic rings. The molecule has 22 heavy (non-hydrogen) atoms. The molecule has 0 aliphatic carbocycles. The minimum Gasteiger partial charge on any atom is -0.504 e. The van der Waals surface area contributed by atoms with Crippen LogP contribution >= 0.6 is 0 Å². The lowest BCUT2D eigenvalue weighted by molar-refractivity contribution is -0.386. The van der Waals surface area contributed by atoms with E-state index >= 15 is 0 Å². The molecule has 0 bridgehead atoms. The van der Waals surface area contributed by atoms with Gasteiger partial charge in [0.1, 0.15) is 24.3 Å². The predicted molar refractivity (Wildman–Crippen MR) is 70.7 cm³/mol. The smallest absolute Gasteiger partial charge is 0.315 e. The second kappa shape index (κ2) is 5.71. The molecule has 1 heterocycles. The van der Waals surface area contributed by atoms with Crippen molar-refractivity contribution in [1.82, 2.24) is 14.8 Å². The number of nitro benzene ring substituents is 1. The van der Waals surface area contributed by atoms with E-state index in [9.17, 15) is 25.1 Å². The van der Waals surface area contributed by atoms with Crippen LogP contribution in [0.3, 0.4) is 0 Å². The van der Waals surface area contributed by atoms with Crippen LogP contribution in [0.25, 0.3) is 6.08 Å². The normalized spacial score (nSPS) is 11.0. The van der Waals surface area contributed by atoms with E-state index in [0.717, 1.165) is 35.5 Å². The highest BCUT2D eigenvalue weighted by Crippen LogP contribution is 2.36. The maximum Gasteiger partial charge on any atom is 0.315 e. The summed E-state index contributed by atoms with van der Waals surface area (Å²) < 4.78 is 0.809. The lowest BCUT2D eigenvalue weighted by Gasteiger charge is -2.02. The Labute approximate surface area is 122 Å². The molecule has 1 aromatic carbocycles. The van der Waals surface area contributed by atoms with Crippen LogP contribution in [0.15, 0.2) is 30.4 Å². The molecule has 0 amide bonds. The van der Waals surface area contributed by atoms with E-state index in [1.807, 2.05) is 0 Å². The Morgan fingerprint density at radius 3 is 2.73 bits per heavy atom. The largest absolute Gasteiger partial charge is 0.504 e. The fourth-order valence-electron chi connectivity index (χ4n) is 1.59. The summed E-state index contributed by atoms with van der Waals surface area (Å²) in [7, 11) is 0. The topological polar surface area (TPSA) is 155 Å². The zero-order chi connectivity index (χ0) is 16.3. The third-order valence-electron chi connectivity index (χ3n) is 2.58. The van der Waals surface area contributed by atoms with Crippen molar-refractivity contribution in [2.45, 2.75) is 0 Å². The van der Waals surface area contributed by atoms with Gasteiger partial charge in [-0.05, 0) is 17.7 Å². The maximum absolute atomic E-state index is 11.9. The van der Waals surface area contributed by atoms with Gasteiger partial charge in [0, 0.05) is 6.07 Å². The van der Waals surface area contributed by atoms with Gasteiger partial charge in [0.05, 0.1) is 4.92 Å². The zero-order valence-electron chi connectivity index (χ0n) is 10.7. The van der Waals surface area contributed by atoms with Crippen LogP contribution < -0.4 is 0 Å². The van der Waals surface area contributed by atoms with E-state index in [0.29, 0.717) is 0 Å². The Hall–Kier alpha value is -3.74. The first-order valence-electron chi connectivity index (χ1n) is 5.65. The third kappa shape index (κ3) is 2.73. The molecule has 110 valence electrons. The van der Waals surface area contributed by atoms with Crippen molar-refractivity contribution in [2.75, 3.05) is 0 Å². The van der Waals surface area contributed by atoms with Crippen LogP contribution in [0.4, 0.5) is 5.69 Å². The molecule has 1 aromatic heterocycles. The van der Waals surface area contributed by atoms with Crippen LogP contribution in [0.1, 0.15) is 10.4 Å². The molecule has 0 fully saturated rings. The molecule has 10 nitrogen and oxygen atoms in total. The van der Waals surface area contributed by atoms with Crippen molar-refractivity contribution < 1.29 is 19.9 Å². The van der Waals surface area contributed by atoms with Gasteiger partial charge >= 0.3 is 5.69 Å². The van der Waals surface area contributed by atoms with Gasteiger partial charge in [0.15, 0.2) is 5.75 Å². The van der Waals surface area contributed by atoms with Crippen LogP contribution in [-0.4, -0.2) is 35.8 Å². The number of carbonyl (C=O) groups excluding carboxylic acids is 1. The summed E-state index contributed by atoms with van der Waals surface area (Å²) in [6, 6.07) is 3.53. The summed E-state index contributed by atoms with van der Waals surface area (Å²) in [6.45, 7) is 0. The standard InChI is InChI=1S/C12H7N5O5/c13-4-8(12(20)16-6-14-5-15-16)1-7-2-9(17(21)22)11(19)10(18)3-7/h1-3,5-6,18-19H/b8-1+. The molecule has 0 unspecified atom stereocenters. The second-order valence-electron chi connectivity index (χ2n) is 3.98. The minimum absolute atomic E-state index is 0.00739. The highest BCUT2D eigenvalue weighted by molar-refractivity contribution is 6.02. The molecule has 0 aliphatic heterocycles. The Morgan fingerprint density at radius 2 is 2.18 bits per heavy atom. The van der Waals surface area contributed by atoms with E-state index in [1.165, 1.54) is 0 Å². The van der Waals surface area contributed by atoms with Gasteiger partial charge in [-0.15, -0.1) is 0 Å². The third-order valence-corrected chi connectivity index (χ3v) is 2.58. The van der Waals surface area contributed by atoms with Crippen LogP contribution in [0, 0.1) is 21.4 Å². The first-order chi connectivity index (χ1) is 10.4. The number of aromatic hydroxyl groups is 2. The van der Waals surface area contributed by atoms with Crippen molar-refractivity contribution in [2.24, 2.45) is 0 Å². The number of aromatic nitrogens is 3. The van der Waals surface area contributed by atoms with Gasteiger partial charge in [0.2, 0.25) is 5.75 Å². The molecule has 0 saturated heterocycles. The molecule has 2 N–H and O–H groups in total. The molecular weight excluding hydrogens is 294 g/mol. The first kappa shape index (κ1) is 14.7. The minimum atomic E-state index is -0.905. The summed E-state index contributed by atoms with van der Waals surface area (Å²) >= 11 is 0. The number of rotatable bonds is 3. The van der Waals surface area contributed by atoms with Crippen molar-refractivity contribution >= 4 is 17.7 Å². The van der Waals surface area contributed by atoms with E-state index < -0.39 is 28.0 Å². The number of nitro groups is 1. The fraction of sp³-hybridized carbons (Fsp3) is 0. The van der Waals surface area contributed by atoms with E-state index in [4.69, 9.17) is 5.26 Å². The lowest BCUT2D eigenvalue weighted by atomic mass is 10.1. The number of carbonyl (C=O) groups is 1. The SMILES string of the molecule is N#C/C(=C\c1cc(O)c(O)c([N+](=O)[O-])c1)C(=O)n1cncn1. The molecule has 2 aromatic rings. The number of nitrogens with zero attached hydrogens (tertiary/aromatic N) is 5. The van der Waals surface area contributed by atoms with E-state index in [-0.39, 0.29) is 11.1 Å². The van der Waals surface area contributed by atoms with Crippen molar-refractivity contribution in [3.63, 3.8) is 0 Å². The summed E-state index contributed by atoms with van der Waals surface area (Å²) in [5.74, 6) is -2.44. The molecule has 0 atom stereocenters. The van der Waals surface area contributed by atoms with Gasteiger partial charge in [0.25, 0.3) is 5.91 Å². The van der Waals surface area contributed by atoms with Gasteiger partial charge in [-0.25, -0.2) is 4.98 Å². The van der Waals surface area contributed by atoms with Crippen molar-refractivity contribution in [3.05, 3.63) is 46.0 Å². The number of phenols is 2. The van der Waals surface area contributed by atoms with Gasteiger partial charge in [-0.1, -0.05) is 0 Å². The highest BCUT2D eigenvalue weighted by Gasteiger charge is 2.19. The summed E-state index contributed by atoms with van der Waals surface area (Å²) in [5, 5.41) is 42.2. The molecule has 10 heteroatoms. The molecule has 0 spiro atoms. The van der Waals surface area contributed by atoms with Crippen molar-refractivity contribution in [3.8, 4) is 17.6 Å². The Bertz CT molecular complexity index is 819. The Morgan fingerprint density at radius 1 is 1.45 bits per heavy atom. The quantitative estimate of drug-likeness (QED) is 0.278. The Balaban J connectivity index is 2.49. The number of nitriles is 1. The molecule has 2 rings (SSSR count). The summed E-state index contributed by atoms with van der Waals surface area (Å²) in [5.41, 5.74) is -1.14. The average Bonchev–Trinajstić information content (AvgIpc) is 3.01. The first-order valence-corrected chi connectivity index (χ1v) is 5.65. The van der Waals surface area contributed by atoms with Gasteiger partial charge < -0.3 is 10.2 Å². The number of benzene rings is 1. The van der Waals surface area contributed by atoms with Crippen LogP contribution in [0.5, 0.6) is 11.5 Å². The van der Waals surface area contributed by atoms with E-state index in [2.05, 4.69) is 10.1 Å². The zero-order valence-corrected chi connectivity index (χ0v) is 10.7. The number of phenolic OH excluding ortho intramolecular Hbond substituents is 2. The average molecular weight is 301 g/mol. The van der Waals surface area contributed by atoms with Crippen molar-refractivity contribution in [1.29, 1.82) is 5.26 Å². The monoisotopic (exact) mass is 301 g/mol. The fourth-order valence-corrected chi connectivity index (χ4v) is 1.59. The van der Waals surface area contributed by atoms with Gasteiger partial charge in [-0.2, -0.15) is 15.0 Å². The van der Waals surface area contributed by atoms with Crippen LogP contribution in [0.2, 0.25) is 0 Å². The number of allylic oxidation sites excluding steroid dienone is 1. The van der Waals surface area contributed by atoms with Gasteiger partial charge in [-0.3, -0.25) is 14.9 Å². The number of hydrogen-bond acceptors (Lipinski definition) is 8. The van der Waals surface area contributed by atoms with E-state index in [1.54, 1.807) is 6.07 Å². The maximum atomic E-state index is 11.9. The van der Waals surface area contributed by atoms with Crippen LogP contribution in [-0.2, 0) is 0 Å². The predicted octanol–water partition coefficient (Wildman–Crippen LogP) is 0.845.